The molecular formula is C16H31IN6. The van der Waals surface area contributed by atoms with Crippen molar-refractivity contribution in [2.24, 2.45) is 12.0 Å². The number of aliphatic imine (C=N–C) groups is 1. The van der Waals surface area contributed by atoms with Crippen molar-refractivity contribution < 1.29 is 0 Å². The number of hydrogen-bond acceptors (Lipinski definition) is 3. The zero-order valence-electron chi connectivity index (χ0n) is 15.0. The molecule has 2 rings (SSSR count). The molecule has 0 amide bonds. The van der Waals surface area contributed by atoms with E-state index in [1.165, 1.54) is 24.1 Å². The second-order valence-electron chi connectivity index (χ2n) is 5.99. The topological polar surface area (TPSA) is 57.5 Å². The molecular weight excluding hydrogens is 403 g/mol. The van der Waals surface area contributed by atoms with Gasteiger partial charge in [0.05, 0.1) is 5.69 Å². The van der Waals surface area contributed by atoms with Gasteiger partial charge in [-0.05, 0) is 33.2 Å². The highest BCUT2D eigenvalue weighted by molar-refractivity contribution is 14.0. The largest absolute Gasteiger partial charge is 0.355 e. The maximum atomic E-state index is 4.45. The van der Waals surface area contributed by atoms with Crippen LogP contribution in [0, 0.1) is 13.8 Å². The molecule has 23 heavy (non-hydrogen) atoms. The molecule has 1 aromatic heterocycles. The Balaban J connectivity index is 0.00000264. The van der Waals surface area contributed by atoms with Crippen molar-refractivity contribution in [1.29, 1.82) is 0 Å². The van der Waals surface area contributed by atoms with E-state index in [1.807, 2.05) is 18.8 Å². The van der Waals surface area contributed by atoms with Crippen molar-refractivity contribution in [3.05, 3.63) is 17.0 Å². The Kier molecular flexibility index (Phi) is 8.32. The number of aryl methyl sites for hydroxylation is 2. The Morgan fingerprint density at radius 2 is 2.04 bits per heavy atom. The molecule has 0 aromatic carbocycles. The van der Waals surface area contributed by atoms with Gasteiger partial charge < -0.3 is 10.6 Å². The summed E-state index contributed by atoms with van der Waals surface area (Å²) in [5.74, 6) is 0.856. The van der Waals surface area contributed by atoms with Crippen LogP contribution in [-0.4, -0.2) is 53.4 Å². The van der Waals surface area contributed by atoms with Crippen molar-refractivity contribution in [3.8, 4) is 0 Å². The molecule has 132 valence electrons. The van der Waals surface area contributed by atoms with Crippen LogP contribution in [0.4, 0.5) is 0 Å². The lowest BCUT2D eigenvalue weighted by molar-refractivity contribution is 0.282. The molecule has 7 heteroatoms. The minimum absolute atomic E-state index is 0. The summed E-state index contributed by atoms with van der Waals surface area (Å²) in [5.41, 5.74) is 3.53. The Labute approximate surface area is 157 Å². The molecule has 0 saturated heterocycles. The lowest BCUT2D eigenvalue weighted by Crippen LogP contribution is -2.41. The first kappa shape index (κ1) is 20.2. The number of likely N-dealkylation sites (N-methyl/N-ethyl adjacent to an activating group) is 1. The van der Waals surface area contributed by atoms with E-state index in [1.54, 1.807) is 0 Å². The van der Waals surface area contributed by atoms with Crippen LogP contribution in [0.15, 0.2) is 4.99 Å². The van der Waals surface area contributed by atoms with E-state index in [-0.39, 0.29) is 24.0 Å². The molecule has 0 radical (unpaired) electrons. The van der Waals surface area contributed by atoms with Gasteiger partial charge >= 0.3 is 0 Å². The summed E-state index contributed by atoms with van der Waals surface area (Å²) in [6, 6.07) is 0.822. The van der Waals surface area contributed by atoms with Crippen LogP contribution < -0.4 is 10.6 Å². The minimum atomic E-state index is 0. The average Bonchev–Trinajstić information content (AvgIpc) is 3.30. The Morgan fingerprint density at radius 3 is 2.52 bits per heavy atom. The third-order valence-corrected chi connectivity index (χ3v) is 4.48. The zero-order chi connectivity index (χ0) is 16.1. The van der Waals surface area contributed by atoms with Crippen LogP contribution in [0.3, 0.4) is 0 Å². The number of nitrogens with zero attached hydrogens (tertiary/aromatic N) is 4. The molecule has 2 N–H and O–H groups in total. The maximum Gasteiger partial charge on any atom is 0.191 e. The molecule has 6 nitrogen and oxygen atoms in total. The Hall–Kier alpha value is -0.830. The molecule has 1 heterocycles. The third-order valence-electron chi connectivity index (χ3n) is 4.48. The maximum absolute atomic E-state index is 4.45. The van der Waals surface area contributed by atoms with Gasteiger partial charge in [0.1, 0.15) is 0 Å². The fourth-order valence-corrected chi connectivity index (χ4v) is 2.82. The lowest BCUT2D eigenvalue weighted by Gasteiger charge is -2.20. The predicted molar refractivity (Wildman–Crippen MR) is 107 cm³/mol. The van der Waals surface area contributed by atoms with E-state index in [2.05, 4.69) is 46.4 Å². The number of guanidine groups is 1. The normalized spacial score (nSPS) is 14.8. The molecule has 0 unspecified atom stereocenters. The van der Waals surface area contributed by atoms with Crippen molar-refractivity contribution in [1.82, 2.24) is 25.3 Å². The summed E-state index contributed by atoms with van der Waals surface area (Å²) < 4.78 is 1.93. The van der Waals surface area contributed by atoms with E-state index in [0.29, 0.717) is 0 Å². The molecule has 1 aromatic rings. The smallest absolute Gasteiger partial charge is 0.191 e. The van der Waals surface area contributed by atoms with E-state index in [4.69, 9.17) is 0 Å². The molecule has 0 aliphatic heterocycles. The van der Waals surface area contributed by atoms with E-state index < -0.39 is 0 Å². The molecule has 0 bridgehead atoms. The Morgan fingerprint density at radius 1 is 1.35 bits per heavy atom. The molecule has 1 aliphatic carbocycles. The summed E-state index contributed by atoms with van der Waals surface area (Å²) in [6.45, 7) is 10.3. The van der Waals surface area contributed by atoms with Crippen molar-refractivity contribution >= 4 is 29.9 Å². The van der Waals surface area contributed by atoms with Gasteiger partial charge in [-0.1, -0.05) is 6.92 Å². The van der Waals surface area contributed by atoms with Crippen molar-refractivity contribution in [3.63, 3.8) is 0 Å². The SMILES string of the molecule is CCN(CCNC(=NC)NCc1c(C)nn(C)c1C)C1CC1.I. The second kappa shape index (κ2) is 9.46. The van der Waals surface area contributed by atoms with Crippen molar-refractivity contribution in [2.45, 2.75) is 46.2 Å². The number of nitrogens with one attached hydrogen (secondary N) is 2. The Bertz CT molecular complexity index is 521. The highest BCUT2D eigenvalue weighted by Gasteiger charge is 2.27. The third kappa shape index (κ3) is 5.63. The average molecular weight is 434 g/mol. The fraction of sp³-hybridized carbons (Fsp3) is 0.750. The summed E-state index contributed by atoms with van der Waals surface area (Å²) in [6.07, 6.45) is 2.72. The van der Waals surface area contributed by atoms with E-state index in [9.17, 15) is 0 Å². The van der Waals surface area contributed by atoms with Gasteiger partial charge in [0.2, 0.25) is 0 Å². The molecule has 0 atom stereocenters. The summed E-state index contributed by atoms with van der Waals surface area (Å²) in [5, 5.41) is 11.2. The van der Waals surface area contributed by atoms with Gasteiger partial charge in [0.15, 0.2) is 5.96 Å². The van der Waals surface area contributed by atoms with Crippen LogP contribution >= 0.6 is 24.0 Å². The van der Waals surface area contributed by atoms with Crippen LogP contribution in [0.1, 0.15) is 36.7 Å². The highest BCUT2D eigenvalue weighted by atomic mass is 127. The zero-order valence-corrected chi connectivity index (χ0v) is 17.3. The number of halogens is 1. The number of aromatic nitrogens is 2. The first-order chi connectivity index (χ1) is 10.6. The quantitative estimate of drug-likeness (QED) is 0.391. The van der Waals surface area contributed by atoms with Crippen LogP contribution in [0.25, 0.3) is 0 Å². The van der Waals surface area contributed by atoms with Crippen LogP contribution in [0.5, 0.6) is 0 Å². The molecule has 1 saturated carbocycles. The molecule has 0 spiro atoms. The number of hydrogen-bond donors (Lipinski definition) is 2. The fourth-order valence-electron chi connectivity index (χ4n) is 2.82. The monoisotopic (exact) mass is 434 g/mol. The van der Waals surface area contributed by atoms with Crippen molar-refractivity contribution in [2.75, 3.05) is 26.7 Å². The first-order valence-electron chi connectivity index (χ1n) is 8.24. The lowest BCUT2D eigenvalue weighted by atomic mass is 10.2. The van der Waals surface area contributed by atoms with Gasteiger partial charge in [-0.15, -0.1) is 24.0 Å². The van der Waals surface area contributed by atoms with E-state index >= 15 is 0 Å². The van der Waals surface area contributed by atoms with Gasteiger partial charge in [-0.25, -0.2) is 0 Å². The van der Waals surface area contributed by atoms with Crippen LogP contribution in [-0.2, 0) is 13.6 Å². The van der Waals surface area contributed by atoms with Gasteiger partial charge in [0.25, 0.3) is 0 Å². The van der Waals surface area contributed by atoms with Crippen LogP contribution in [0.2, 0.25) is 0 Å². The summed E-state index contributed by atoms with van der Waals surface area (Å²) >= 11 is 0. The standard InChI is InChI=1S/C16H30N6.HI/c1-6-22(14-7-8-14)10-9-18-16(17-4)19-11-15-12(2)20-21(5)13(15)3;/h14H,6-11H2,1-5H3,(H2,17,18,19);1H. The van der Waals surface area contributed by atoms with Gasteiger partial charge in [-0.3, -0.25) is 14.6 Å². The summed E-state index contributed by atoms with van der Waals surface area (Å²) in [7, 11) is 3.80. The second-order valence-corrected chi connectivity index (χ2v) is 5.99. The first-order valence-corrected chi connectivity index (χ1v) is 8.24. The molecule has 1 aliphatic rings. The number of rotatable bonds is 7. The van der Waals surface area contributed by atoms with E-state index in [0.717, 1.165) is 43.9 Å². The highest BCUT2D eigenvalue weighted by Crippen LogP contribution is 2.25. The van der Waals surface area contributed by atoms with Gasteiger partial charge in [-0.2, -0.15) is 5.10 Å². The minimum Gasteiger partial charge on any atom is -0.355 e. The predicted octanol–water partition coefficient (Wildman–Crippen LogP) is 1.80. The van der Waals surface area contributed by atoms with Gasteiger partial charge in [0, 0.05) is 51.0 Å². The summed E-state index contributed by atoms with van der Waals surface area (Å²) in [4.78, 5) is 6.84. The molecule has 1 fully saturated rings.